The summed E-state index contributed by atoms with van der Waals surface area (Å²) in [5, 5.41) is 9.13. The predicted octanol–water partition coefficient (Wildman–Crippen LogP) is 2.30. The number of aromatic nitrogens is 3. The number of rotatable bonds is 7. The van der Waals surface area contributed by atoms with Crippen LogP contribution in [0.5, 0.6) is 0 Å². The number of Topliss-reactive ketones (excluding diaryl/α,β-unsaturated/α-hetero) is 1. The van der Waals surface area contributed by atoms with Crippen molar-refractivity contribution in [1.29, 1.82) is 0 Å². The van der Waals surface area contributed by atoms with Crippen molar-refractivity contribution in [1.82, 2.24) is 14.8 Å². The number of hydrogen-bond acceptors (Lipinski definition) is 5. The van der Waals surface area contributed by atoms with Crippen molar-refractivity contribution in [2.24, 2.45) is 0 Å². The Morgan fingerprint density at radius 1 is 1.38 bits per heavy atom. The van der Waals surface area contributed by atoms with Crippen LogP contribution < -0.4 is 11.0 Å². The monoisotopic (exact) mass is 348 g/mol. The van der Waals surface area contributed by atoms with Gasteiger partial charge in [0.15, 0.2) is 10.9 Å². The number of nitrogens with zero attached hydrogens (tertiary/aromatic N) is 2. The van der Waals surface area contributed by atoms with Crippen molar-refractivity contribution in [3.63, 3.8) is 0 Å². The maximum atomic E-state index is 12.4. The van der Waals surface area contributed by atoms with Gasteiger partial charge in [-0.15, -0.1) is 5.10 Å². The third kappa shape index (κ3) is 4.14. The first kappa shape index (κ1) is 18.0. The lowest BCUT2D eigenvalue weighted by Gasteiger charge is -2.13. The van der Waals surface area contributed by atoms with E-state index in [0.29, 0.717) is 23.0 Å². The highest BCUT2D eigenvalue weighted by Crippen LogP contribution is 2.22. The molecule has 0 unspecified atom stereocenters. The van der Waals surface area contributed by atoms with Gasteiger partial charge < -0.3 is 5.32 Å². The number of ketones is 1. The van der Waals surface area contributed by atoms with Crippen molar-refractivity contribution < 1.29 is 9.59 Å². The first-order chi connectivity index (χ1) is 11.4. The molecule has 1 aromatic carbocycles. The Morgan fingerprint density at radius 3 is 2.75 bits per heavy atom. The van der Waals surface area contributed by atoms with Crippen LogP contribution in [0.3, 0.4) is 0 Å². The summed E-state index contributed by atoms with van der Waals surface area (Å²) >= 11 is 1.20. The summed E-state index contributed by atoms with van der Waals surface area (Å²) in [6, 6.07) is 6.86. The van der Waals surface area contributed by atoms with Crippen LogP contribution >= 0.6 is 11.8 Å². The van der Waals surface area contributed by atoms with Gasteiger partial charge in [0.25, 0.3) is 0 Å². The molecule has 0 aliphatic carbocycles. The number of nitrogens with one attached hydrogen (secondary N) is 2. The molecule has 0 radical (unpaired) electrons. The van der Waals surface area contributed by atoms with E-state index >= 15 is 0 Å². The van der Waals surface area contributed by atoms with Crippen molar-refractivity contribution in [3.8, 4) is 0 Å². The van der Waals surface area contributed by atoms with Gasteiger partial charge in [0, 0.05) is 12.1 Å². The molecule has 2 rings (SSSR count). The van der Waals surface area contributed by atoms with Crippen LogP contribution in [0.2, 0.25) is 0 Å². The summed E-state index contributed by atoms with van der Waals surface area (Å²) in [4.78, 5) is 35.7. The first-order valence-electron chi connectivity index (χ1n) is 7.66. The van der Waals surface area contributed by atoms with Crippen molar-refractivity contribution in [2.75, 3.05) is 5.32 Å². The normalized spacial score (nSPS) is 12.0. The van der Waals surface area contributed by atoms with E-state index in [9.17, 15) is 14.4 Å². The maximum Gasteiger partial charge on any atom is 0.343 e. The highest BCUT2D eigenvalue weighted by Gasteiger charge is 2.20. The fourth-order valence-electron chi connectivity index (χ4n) is 2.16. The molecule has 0 fully saturated rings. The lowest BCUT2D eigenvalue weighted by molar-refractivity contribution is -0.115. The zero-order chi connectivity index (χ0) is 17.7. The van der Waals surface area contributed by atoms with E-state index in [2.05, 4.69) is 15.5 Å². The van der Waals surface area contributed by atoms with E-state index in [1.165, 1.54) is 23.3 Å². The quantitative estimate of drug-likeness (QED) is 0.591. The zero-order valence-corrected chi connectivity index (χ0v) is 14.6. The molecular weight excluding hydrogens is 328 g/mol. The smallest absolute Gasteiger partial charge is 0.324 e. The van der Waals surface area contributed by atoms with Crippen molar-refractivity contribution >= 4 is 29.1 Å². The molecule has 1 atom stereocenters. The van der Waals surface area contributed by atoms with Gasteiger partial charge in [-0.1, -0.05) is 30.8 Å². The molecule has 24 heavy (non-hydrogen) atoms. The number of carbonyl (C=O) groups excluding carboxylic acids is 2. The standard InChI is InChI=1S/C16H20N4O3S/c1-4-9-20-15(23)18-19-16(20)24-11(3)14(22)17-13-8-6-5-7-12(13)10(2)21/h5-8,11H,4,9H2,1-3H3,(H,17,22)(H,18,23)/t11-/m0/s1. The average Bonchev–Trinajstić information content (AvgIpc) is 2.88. The van der Waals surface area contributed by atoms with Gasteiger partial charge in [-0.25, -0.2) is 9.89 Å². The Morgan fingerprint density at radius 2 is 2.08 bits per heavy atom. The van der Waals surface area contributed by atoms with Gasteiger partial charge in [0.1, 0.15) is 0 Å². The molecule has 0 saturated carbocycles. The number of H-pyrrole nitrogens is 1. The number of aromatic amines is 1. The topological polar surface area (TPSA) is 96.8 Å². The molecule has 0 aliphatic rings. The SMILES string of the molecule is CCCn1c(S[C@@H](C)C(=O)Nc2ccccc2C(C)=O)n[nH]c1=O. The van der Waals surface area contributed by atoms with Gasteiger partial charge >= 0.3 is 5.69 Å². The number of carbonyl (C=O) groups is 2. The first-order valence-corrected chi connectivity index (χ1v) is 8.54. The van der Waals surface area contributed by atoms with Crippen LogP contribution in [0.4, 0.5) is 5.69 Å². The Labute approximate surface area is 143 Å². The molecule has 2 N–H and O–H groups in total. The third-order valence-corrected chi connectivity index (χ3v) is 4.48. The fraction of sp³-hybridized carbons (Fsp3) is 0.375. The summed E-state index contributed by atoms with van der Waals surface area (Å²) in [5.74, 6) is -0.373. The van der Waals surface area contributed by atoms with Gasteiger partial charge in [-0.2, -0.15) is 0 Å². The molecule has 1 heterocycles. The van der Waals surface area contributed by atoms with Gasteiger partial charge in [-0.3, -0.25) is 14.2 Å². The molecule has 1 aromatic heterocycles. The highest BCUT2D eigenvalue weighted by molar-refractivity contribution is 8.00. The lowest BCUT2D eigenvalue weighted by atomic mass is 10.1. The summed E-state index contributed by atoms with van der Waals surface area (Å²) in [6.07, 6.45) is 0.791. The summed E-state index contributed by atoms with van der Waals surface area (Å²) in [6.45, 7) is 5.68. The minimum absolute atomic E-state index is 0.115. The minimum atomic E-state index is -0.476. The van der Waals surface area contributed by atoms with Crippen molar-refractivity contribution in [3.05, 3.63) is 40.3 Å². The number of benzene rings is 1. The van der Waals surface area contributed by atoms with Crippen LogP contribution in [-0.2, 0) is 11.3 Å². The van der Waals surface area contributed by atoms with E-state index < -0.39 is 5.25 Å². The molecular formula is C16H20N4O3S. The molecule has 128 valence electrons. The molecule has 2 aromatic rings. The van der Waals surface area contributed by atoms with Gasteiger partial charge in [-0.05, 0) is 32.4 Å². The second-order valence-corrected chi connectivity index (χ2v) is 6.62. The number of thioether (sulfide) groups is 1. The van der Waals surface area contributed by atoms with Crippen LogP contribution in [0, 0.1) is 0 Å². The molecule has 1 amide bonds. The van der Waals surface area contributed by atoms with E-state index in [0.717, 1.165) is 6.42 Å². The summed E-state index contributed by atoms with van der Waals surface area (Å²) in [7, 11) is 0. The Hall–Kier alpha value is -2.35. The molecule has 7 nitrogen and oxygen atoms in total. The molecule has 0 bridgehead atoms. The van der Waals surface area contributed by atoms with Crippen LogP contribution in [0.25, 0.3) is 0 Å². The summed E-state index contributed by atoms with van der Waals surface area (Å²) in [5.41, 5.74) is 0.662. The number of hydrogen-bond donors (Lipinski definition) is 2. The second-order valence-electron chi connectivity index (χ2n) is 5.31. The van der Waals surface area contributed by atoms with Crippen LogP contribution in [-0.4, -0.2) is 31.7 Å². The Bertz CT molecular complexity index is 797. The van der Waals surface area contributed by atoms with Gasteiger partial charge in [0.05, 0.1) is 10.9 Å². The predicted molar refractivity (Wildman–Crippen MR) is 93.5 cm³/mol. The molecule has 0 saturated heterocycles. The van der Waals surface area contributed by atoms with E-state index in [-0.39, 0.29) is 17.4 Å². The fourth-order valence-corrected chi connectivity index (χ4v) is 3.04. The number of amides is 1. The highest BCUT2D eigenvalue weighted by atomic mass is 32.2. The largest absolute Gasteiger partial charge is 0.343 e. The van der Waals surface area contributed by atoms with Crippen LogP contribution in [0.15, 0.2) is 34.2 Å². The lowest BCUT2D eigenvalue weighted by Crippen LogP contribution is -2.24. The second kappa shape index (κ2) is 7.96. The molecule has 0 aliphatic heterocycles. The van der Waals surface area contributed by atoms with E-state index in [4.69, 9.17) is 0 Å². The zero-order valence-electron chi connectivity index (χ0n) is 13.8. The summed E-state index contributed by atoms with van der Waals surface area (Å²) < 4.78 is 1.51. The van der Waals surface area contributed by atoms with Crippen molar-refractivity contribution in [2.45, 2.75) is 44.1 Å². The number of para-hydroxylation sites is 1. The average molecular weight is 348 g/mol. The van der Waals surface area contributed by atoms with Gasteiger partial charge in [0.2, 0.25) is 5.91 Å². The minimum Gasteiger partial charge on any atom is -0.324 e. The van der Waals surface area contributed by atoms with Crippen LogP contribution in [0.1, 0.15) is 37.6 Å². The number of anilines is 1. The van der Waals surface area contributed by atoms with E-state index in [1.807, 2.05) is 6.92 Å². The molecule has 0 spiro atoms. The Kier molecular flexibility index (Phi) is 5.97. The molecule has 8 heteroatoms. The maximum absolute atomic E-state index is 12.4. The Balaban J connectivity index is 2.11. The van der Waals surface area contributed by atoms with E-state index in [1.54, 1.807) is 31.2 Å². The third-order valence-electron chi connectivity index (χ3n) is 3.39.